The third-order valence-electron chi connectivity index (χ3n) is 4.51. The lowest BCUT2D eigenvalue weighted by Crippen LogP contribution is -2.35. The van der Waals surface area contributed by atoms with Crippen LogP contribution in [0.25, 0.3) is 0 Å². The highest BCUT2D eigenvalue weighted by molar-refractivity contribution is 5.94. The molecule has 126 valence electrons. The Morgan fingerprint density at radius 2 is 1.58 bits per heavy atom. The predicted molar refractivity (Wildman–Crippen MR) is 94.6 cm³/mol. The second kappa shape index (κ2) is 8.08. The molecule has 0 aromatic heterocycles. The fraction of sp³-hybridized carbons (Fsp3) is 0.350. The van der Waals surface area contributed by atoms with Gasteiger partial charge in [-0.25, -0.2) is 0 Å². The zero-order valence-electron chi connectivity index (χ0n) is 13.9. The minimum atomic E-state index is 0.0839. The van der Waals surface area contributed by atoms with Gasteiger partial charge < -0.3 is 10.0 Å². The Bertz CT molecular complexity index is 655. The van der Waals surface area contributed by atoms with Gasteiger partial charge in [-0.05, 0) is 29.7 Å². The molecule has 0 spiro atoms. The van der Waals surface area contributed by atoms with Crippen LogP contribution in [0, 0.1) is 0 Å². The van der Waals surface area contributed by atoms with Gasteiger partial charge in [-0.3, -0.25) is 9.69 Å². The van der Waals surface area contributed by atoms with Crippen LogP contribution < -0.4 is 0 Å². The first-order valence-corrected chi connectivity index (χ1v) is 8.51. The summed E-state index contributed by atoms with van der Waals surface area (Å²) >= 11 is 0. The molecule has 0 saturated carbocycles. The van der Waals surface area contributed by atoms with Gasteiger partial charge in [0.05, 0.1) is 6.61 Å². The van der Waals surface area contributed by atoms with Crippen LogP contribution in [-0.4, -0.2) is 47.0 Å². The van der Waals surface area contributed by atoms with Crippen molar-refractivity contribution in [3.8, 4) is 0 Å². The molecular formula is C20H24N2O2. The van der Waals surface area contributed by atoms with Crippen molar-refractivity contribution in [2.75, 3.05) is 26.2 Å². The number of aliphatic hydroxyl groups excluding tert-OH is 1. The summed E-state index contributed by atoms with van der Waals surface area (Å²) in [7, 11) is 0. The van der Waals surface area contributed by atoms with Gasteiger partial charge in [0.25, 0.3) is 5.91 Å². The van der Waals surface area contributed by atoms with E-state index in [0.29, 0.717) is 0 Å². The van der Waals surface area contributed by atoms with Crippen LogP contribution in [0.3, 0.4) is 0 Å². The Labute approximate surface area is 143 Å². The first-order valence-electron chi connectivity index (χ1n) is 8.51. The predicted octanol–water partition coefficient (Wildman–Crippen LogP) is 2.53. The molecule has 1 heterocycles. The zero-order chi connectivity index (χ0) is 16.8. The van der Waals surface area contributed by atoms with E-state index in [-0.39, 0.29) is 12.5 Å². The first-order chi connectivity index (χ1) is 11.8. The van der Waals surface area contributed by atoms with E-state index < -0.39 is 0 Å². The van der Waals surface area contributed by atoms with Gasteiger partial charge in [0.1, 0.15) is 0 Å². The number of rotatable bonds is 4. The van der Waals surface area contributed by atoms with Crippen molar-refractivity contribution in [3.05, 3.63) is 71.3 Å². The largest absolute Gasteiger partial charge is 0.392 e. The lowest BCUT2D eigenvalue weighted by Gasteiger charge is -2.22. The molecule has 24 heavy (non-hydrogen) atoms. The summed E-state index contributed by atoms with van der Waals surface area (Å²) < 4.78 is 0. The van der Waals surface area contributed by atoms with Crippen LogP contribution in [0.5, 0.6) is 0 Å². The van der Waals surface area contributed by atoms with E-state index in [1.54, 1.807) is 0 Å². The van der Waals surface area contributed by atoms with Crippen molar-refractivity contribution >= 4 is 5.91 Å². The molecule has 1 fully saturated rings. The molecule has 0 radical (unpaired) electrons. The van der Waals surface area contributed by atoms with E-state index in [4.69, 9.17) is 5.11 Å². The molecular weight excluding hydrogens is 300 g/mol. The second-order valence-corrected chi connectivity index (χ2v) is 6.26. The second-order valence-electron chi connectivity index (χ2n) is 6.26. The number of benzene rings is 2. The molecule has 0 atom stereocenters. The molecule has 1 saturated heterocycles. The average Bonchev–Trinajstić information content (AvgIpc) is 2.88. The van der Waals surface area contributed by atoms with E-state index in [1.807, 2.05) is 47.4 Å². The average molecular weight is 324 g/mol. The topological polar surface area (TPSA) is 43.8 Å². The normalized spacial score (nSPS) is 16.0. The smallest absolute Gasteiger partial charge is 0.253 e. The molecule has 4 nitrogen and oxygen atoms in total. The number of amides is 1. The monoisotopic (exact) mass is 324 g/mol. The molecule has 1 amide bonds. The fourth-order valence-electron chi connectivity index (χ4n) is 3.10. The highest BCUT2D eigenvalue weighted by atomic mass is 16.3. The van der Waals surface area contributed by atoms with Crippen LogP contribution in [0.4, 0.5) is 0 Å². The van der Waals surface area contributed by atoms with Crippen molar-refractivity contribution in [3.63, 3.8) is 0 Å². The zero-order valence-corrected chi connectivity index (χ0v) is 13.9. The maximum absolute atomic E-state index is 12.6. The van der Waals surface area contributed by atoms with Crippen molar-refractivity contribution in [1.29, 1.82) is 0 Å². The fourth-order valence-corrected chi connectivity index (χ4v) is 3.10. The van der Waals surface area contributed by atoms with Crippen molar-refractivity contribution in [2.45, 2.75) is 19.6 Å². The number of carbonyl (C=O) groups excluding carboxylic acids is 1. The molecule has 4 heteroatoms. The quantitative estimate of drug-likeness (QED) is 0.940. The Balaban J connectivity index is 1.57. The highest BCUT2D eigenvalue weighted by Gasteiger charge is 2.20. The van der Waals surface area contributed by atoms with Crippen LogP contribution in [0.1, 0.15) is 27.9 Å². The lowest BCUT2D eigenvalue weighted by molar-refractivity contribution is 0.0761. The van der Waals surface area contributed by atoms with Crippen LogP contribution in [0.2, 0.25) is 0 Å². The molecule has 1 aliphatic rings. The molecule has 0 aliphatic carbocycles. The van der Waals surface area contributed by atoms with Gasteiger partial charge in [-0.1, -0.05) is 42.5 Å². The Morgan fingerprint density at radius 1 is 0.875 bits per heavy atom. The van der Waals surface area contributed by atoms with Gasteiger partial charge in [-0.15, -0.1) is 0 Å². The molecule has 2 aromatic carbocycles. The SMILES string of the molecule is O=C(c1ccccc1)N1CCCN(Cc2ccc(CO)cc2)CC1. The standard InChI is InChI=1S/C20H24N2O2/c23-16-18-9-7-17(8-10-18)15-21-11-4-12-22(14-13-21)20(24)19-5-2-1-3-6-19/h1-3,5-10,23H,4,11-16H2. The van der Waals surface area contributed by atoms with Crippen molar-refractivity contribution in [2.24, 2.45) is 0 Å². The van der Waals surface area contributed by atoms with Gasteiger partial charge >= 0.3 is 0 Å². The highest BCUT2D eigenvalue weighted by Crippen LogP contribution is 2.13. The minimum Gasteiger partial charge on any atom is -0.392 e. The Morgan fingerprint density at radius 3 is 2.29 bits per heavy atom. The number of nitrogens with zero attached hydrogens (tertiary/aromatic N) is 2. The van der Waals surface area contributed by atoms with Gasteiger partial charge in [-0.2, -0.15) is 0 Å². The minimum absolute atomic E-state index is 0.0839. The molecule has 2 aromatic rings. The van der Waals surface area contributed by atoms with Crippen molar-refractivity contribution < 1.29 is 9.90 Å². The van der Waals surface area contributed by atoms with Gasteiger partial charge in [0.15, 0.2) is 0 Å². The Hall–Kier alpha value is -2.17. The molecule has 0 bridgehead atoms. The Kier molecular flexibility index (Phi) is 5.62. The van der Waals surface area contributed by atoms with Crippen LogP contribution >= 0.6 is 0 Å². The maximum Gasteiger partial charge on any atom is 0.253 e. The maximum atomic E-state index is 12.6. The van der Waals surface area contributed by atoms with E-state index >= 15 is 0 Å². The van der Waals surface area contributed by atoms with Crippen LogP contribution in [0.15, 0.2) is 54.6 Å². The molecule has 1 aliphatic heterocycles. The summed E-state index contributed by atoms with van der Waals surface area (Å²) in [5.41, 5.74) is 2.95. The third-order valence-corrected chi connectivity index (χ3v) is 4.51. The van der Waals surface area contributed by atoms with E-state index in [9.17, 15) is 4.79 Å². The van der Waals surface area contributed by atoms with Gasteiger partial charge in [0.2, 0.25) is 0 Å². The van der Waals surface area contributed by atoms with E-state index in [2.05, 4.69) is 17.0 Å². The summed E-state index contributed by atoms with van der Waals surface area (Å²) in [5, 5.41) is 9.11. The van der Waals surface area contributed by atoms with Crippen LogP contribution in [-0.2, 0) is 13.2 Å². The summed E-state index contributed by atoms with van der Waals surface area (Å²) in [4.78, 5) is 16.9. The number of hydrogen-bond donors (Lipinski definition) is 1. The van der Waals surface area contributed by atoms with Crippen molar-refractivity contribution in [1.82, 2.24) is 9.80 Å². The first kappa shape index (κ1) is 16.7. The summed E-state index contributed by atoms with van der Waals surface area (Å²) in [6, 6.07) is 17.6. The molecule has 0 unspecified atom stereocenters. The number of aliphatic hydroxyl groups is 1. The molecule has 1 N–H and O–H groups in total. The number of carbonyl (C=O) groups is 1. The summed E-state index contributed by atoms with van der Waals surface area (Å²) in [6.07, 6.45) is 0.993. The number of hydrogen-bond acceptors (Lipinski definition) is 3. The van der Waals surface area contributed by atoms with E-state index in [1.165, 1.54) is 5.56 Å². The third kappa shape index (κ3) is 4.22. The lowest BCUT2D eigenvalue weighted by atomic mass is 10.1. The van der Waals surface area contributed by atoms with Gasteiger partial charge in [0, 0.05) is 38.3 Å². The van der Waals surface area contributed by atoms with E-state index in [0.717, 1.165) is 50.3 Å². The summed E-state index contributed by atoms with van der Waals surface area (Å²) in [6.45, 7) is 4.44. The molecule has 3 rings (SSSR count). The summed E-state index contributed by atoms with van der Waals surface area (Å²) in [5.74, 6) is 0.129.